The third kappa shape index (κ3) is 3.14. The maximum atomic E-state index is 10.7. The lowest BCUT2D eigenvalue weighted by Crippen LogP contribution is -2.01. The maximum Gasteiger partial charge on any atom is 0.354 e. The average molecular weight is 286 g/mol. The van der Waals surface area contributed by atoms with Gasteiger partial charge in [-0.3, -0.25) is 0 Å². The Balaban J connectivity index is 2.18. The number of hydrogen-bond donors (Lipinski definition) is 1. The average Bonchev–Trinajstić information content (AvgIpc) is 2.77. The first kappa shape index (κ1) is 12.3. The summed E-state index contributed by atoms with van der Waals surface area (Å²) in [6, 6.07) is 1.35. The van der Waals surface area contributed by atoms with Crippen LogP contribution in [0.4, 0.5) is 0 Å². The van der Waals surface area contributed by atoms with Crippen LogP contribution in [0.5, 0.6) is 0 Å². The zero-order valence-corrected chi connectivity index (χ0v) is 11.0. The highest BCUT2D eigenvalue weighted by Crippen LogP contribution is 2.30. The van der Waals surface area contributed by atoms with Crippen molar-refractivity contribution in [3.05, 3.63) is 18.0 Å². The molecule has 0 saturated heterocycles. The molecule has 0 aliphatic carbocycles. The van der Waals surface area contributed by atoms with E-state index in [2.05, 4.69) is 20.2 Å². The SMILES string of the molecule is CSc1nnc(Sc2nccc(C(=O)O)n2)s1. The normalized spacial score (nSPS) is 10.4. The Morgan fingerprint density at radius 3 is 2.82 bits per heavy atom. The van der Waals surface area contributed by atoms with Crippen LogP contribution in [0, 0.1) is 0 Å². The Morgan fingerprint density at radius 2 is 2.18 bits per heavy atom. The summed E-state index contributed by atoms with van der Waals surface area (Å²) in [6.07, 6.45) is 3.33. The van der Waals surface area contributed by atoms with Crippen LogP contribution in [0.15, 0.2) is 26.1 Å². The second-order valence-electron chi connectivity index (χ2n) is 2.67. The minimum absolute atomic E-state index is 0.0305. The molecule has 0 fully saturated rings. The molecule has 0 saturated carbocycles. The summed E-state index contributed by atoms with van der Waals surface area (Å²) < 4.78 is 1.54. The summed E-state index contributed by atoms with van der Waals surface area (Å²) in [5.41, 5.74) is -0.0305. The zero-order chi connectivity index (χ0) is 12.3. The topological polar surface area (TPSA) is 88.9 Å². The van der Waals surface area contributed by atoms with E-state index >= 15 is 0 Å². The van der Waals surface area contributed by atoms with Gasteiger partial charge in [-0.15, -0.1) is 10.2 Å². The lowest BCUT2D eigenvalue weighted by Gasteiger charge is -1.96. The molecule has 2 aromatic heterocycles. The van der Waals surface area contributed by atoms with Crippen LogP contribution in [0.2, 0.25) is 0 Å². The maximum absolute atomic E-state index is 10.7. The van der Waals surface area contributed by atoms with E-state index in [1.54, 1.807) is 0 Å². The standard InChI is InChI=1S/C8H6N4O2S3/c1-15-7-11-12-8(17-7)16-6-9-3-2-4(10-6)5(13)14/h2-3H,1H3,(H,13,14). The van der Waals surface area contributed by atoms with Crippen molar-refractivity contribution >= 4 is 40.8 Å². The van der Waals surface area contributed by atoms with Gasteiger partial charge in [-0.1, -0.05) is 23.1 Å². The minimum atomic E-state index is -1.07. The summed E-state index contributed by atoms with van der Waals surface area (Å²) in [6.45, 7) is 0. The summed E-state index contributed by atoms with van der Waals surface area (Å²) in [5.74, 6) is -1.07. The summed E-state index contributed by atoms with van der Waals surface area (Å²) in [5, 5.41) is 17.0. The van der Waals surface area contributed by atoms with Crippen molar-refractivity contribution in [1.29, 1.82) is 0 Å². The molecule has 88 valence electrons. The lowest BCUT2D eigenvalue weighted by atomic mass is 10.4. The van der Waals surface area contributed by atoms with E-state index in [4.69, 9.17) is 5.11 Å². The highest BCUT2D eigenvalue weighted by molar-refractivity contribution is 8.02. The Hall–Kier alpha value is -1.19. The smallest absolute Gasteiger partial charge is 0.354 e. The fourth-order valence-corrected chi connectivity index (χ4v) is 3.19. The van der Waals surface area contributed by atoms with Gasteiger partial charge in [0, 0.05) is 6.20 Å². The van der Waals surface area contributed by atoms with Gasteiger partial charge < -0.3 is 5.11 Å². The van der Waals surface area contributed by atoms with Crippen LogP contribution < -0.4 is 0 Å². The molecule has 2 rings (SSSR count). The first-order valence-corrected chi connectivity index (χ1v) is 7.16. The van der Waals surface area contributed by atoms with Crippen molar-refractivity contribution < 1.29 is 9.90 Å². The highest BCUT2D eigenvalue weighted by Gasteiger charge is 2.10. The monoisotopic (exact) mass is 286 g/mol. The van der Waals surface area contributed by atoms with E-state index in [1.165, 1.54) is 47.1 Å². The molecule has 1 N–H and O–H groups in total. The number of aromatic nitrogens is 4. The Morgan fingerprint density at radius 1 is 1.41 bits per heavy atom. The van der Waals surface area contributed by atoms with E-state index in [0.29, 0.717) is 9.50 Å². The minimum Gasteiger partial charge on any atom is -0.477 e. The second kappa shape index (κ2) is 5.43. The van der Waals surface area contributed by atoms with Gasteiger partial charge in [-0.2, -0.15) is 0 Å². The van der Waals surface area contributed by atoms with Gasteiger partial charge in [0.15, 0.2) is 19.5 Å². The zero-order valence-electron chi connectivity index (χ0n) is 8.52. The molecule has 2 aromatic rings. The molecule has 0 amide bonds. The number of rotatable bonds is 4. The molecule has 0 aliphatic heterocycles. The van der Waals surface area contributed by atoms with Crippen molar-refractivity contribution in [2.75, 3.05) is 6.26 Å². The number of carbonyl (C=O) groups is 1. The van der Waals surface area contributed by atoms with E-state index < -0.39 is 5.97 Å². The predicted molar refractivity (Wildman–Crippen MR) is 64.8 cm³/mol. The molecular weight excluding hydrogens is 280 g/mol. The second-order valence-corrected chi connectivity index (χ2v) is 5.91. The van der Waals surface area contributed by atoms with Crippen LogP contribution >= 0.6 is 34.9 Å². The summed E-state index contributed by atoms with van der Waals surface area (Å²) >= 11 is 4.12. The molecule has 0 radical (unpaired) electrons. The molecule has 0 atom stereocenters. The van der Waals surface area contributed by atoms with Gasteiger partial charge >= 0.3 is 5.97 Å². The fraction of sp³-hybridized carbons (Fsp3) is 0.125. The van der Waals surface area contributed by atoms with Crippen LogP contribution in [-0.2, 0) is 0 Å². The van der Waals surface area contributed by atoms with Gasteiger partial charge in [0.25, 0.3) is 0 Å². The predicted octanol–water partition coefficient (Wildman–Crippen LogP) is 1.90. The first-order chi connectivity index (χ1) is 8.19. The molecule has 0 bridgehead atoms. The fourth-order valence-electron chi connectivity index (χ4n) is 0.908. The molecule has 0 aliphatic rings. The van der Waals surface area contributed by atoms with Crippen molar-refractivity contribution in [2.24, 2.45) is 0 Å². The van der Waals surface area contributed by atoms with Gasteiger partial charge in [-0.25, -0.2) is 14.8 Å². The summed E-state index contributed by atoms with van der Waals surface area (Å²) in [4.78, 5) is 18.6. The van der Waals surface area contributed by atoms with Gasteiger partial charge in [-0.05, 0) is 24.1 Å². The third-order valence-corrected chi connectivity index (χ3v) is 4.42. The van der Waals surface area contributed by atoms with Gasteiger partial charge in [0.05, 0.1) is 0 Å². The van der Waals surface area contributed by atoms with Gasteiger partial charge in [0.2, 0.25) is 0 Å². The highest BCUT2D eigenvalue weighted by atomic mass is 32.2. The Bertz CT molecular complexity index is 545. The molecule has 9 heteroatoms. The first-order valence-electron chi connectivity index (χ1n) is 4.30. The number of thioether (sulfide) groups is 1. The number of nitrogens with zero attached hydrogens (tertiary/aromatic N) is 4. The number of hydrogen-bond acceptors (Lipinski definition) is 8. The van der Waals surface area contributed by atoms with E-state index in [-0.39, 0.29) is 5.69 Å². The number of carboxylic acid groups (broad SMARTS) is 1. The van der Waals surface area contributed by atoms with Crippen LogP contribution in [-0.4, -0.2) is 37.5 Å². The third-order valence-electron chi connectivity index (χ3n) is 1.59. The van der Waals surface area contributed by atoms with Crippen molar-refractivity contribution in [3.63, 3.8) is 0 Å². The molecular formula is C8H6N4O2S3. The largest absolute Gasteiger partial charge is 0.477 e. The van der Waals surface area contributed by atoms with Crippen LogP contribution in [0.1, 0.15) is 10.5 Å². The summed E-state index contributed by atoms with van der Waals surface area (Å²) in [7, 11) is 0. The van der Waals surface area contributed by atoms with E-state index in [1.807, 2.05) is 6.26 Å². The van der Waals surface area contributed by atoms with Crippen LogP contribution in [0.25, 0.3) is 0 Å². The number of carboxylic acids is 1. The van der Waals surface area contributed by atoms with Gasteiger partial charge in [0.1, 0.15) is 0 Å². The molecule has 0 unspecified atom stereocenters. The lowest BCUT2D eigenvalue weighted by molar-refractivity contribution is 0.0689. The van der Waals surface area contributed by atoms with Crippen LogP contribution in [0.3, 0.4) is 0 Å². The number of aromatic carboxylic acids is 1. The van der Waals surface area contributed by atoms with Crippen molar-refractivity contribution in [1.82, 2.24) is 20.2 Å². The van der Waals surface area contributed by atoms with Crippen molar-refractivity contribution in [3.8, 4) is 0 Å². The quantitative estimate of drug-likeness (QED) is 0.673. The Labute approximate surface area is 109 Å². The molecule has 2 heterocycles. The molecule has 0 spiro atoms. The Kier molecular flexibility index (Phi) is 3.92. The van der Waals surface area contributed by atoms with E-state index in [0.717, 1.165) is 4.34 Å². The van der Waals surface area contributed by atoms with Crippen molar-refractivity contribution in [2.45, 2.75) is 13.8 Å². The van der Waals surface area contributed by atoms with E-state index in [9.17, 15) is 4.79 Å². The molecule has 0 aromatic carbocycles. The molecule has 17 heavy (non-hydrogen) atoms. The molecule has 6 nitrogen and oxygen atoms in total.